The lowest BCUT2D eigenvalue weighted by molar-refractivity contribution is 0.145. The Bertz CT molecular complexity index is 507. The van der Waals surface area contributed by atoms with Crippen LogP contribution in [-0.2, 0) is 9.05 Å². The normalized spacial score (nSPS) is 11.9. The average Bonchev–Trinajstić information content (AvgIpc) is 2.14. The third-order valence-electron chi connectivity index (χ3n) is 1.61. The van der Waals surface area contributed by atoms with Crippen molar-refractivity contribution in [1.29, 1.82) is 0 Å². The molecule has 0 fully saturated rings. The van der Waals surface area contributed by atoms with Gasteiger partial charge in [-0.3, -0.25) is 0 Å². The Balaban J connectivity index is 3.56. The molecule has 0 unspecified atom stereocenters. The molecular formula is C7H5Cl2F2NO3S. The highest BCUT2D eigenvalue weighted by molar-refractivity contribution is 8.13. The van der Waals surface area contributed by atoms with Gasteiger partial charge in [0.15, 0.2) is 10.9 Å². The first-order chi connectivity index (χ1) is 7.27. The second-order valence-electron chi connectivity index (χ2n) is 2.61. The van der Waals surface area contributed by atoms with Crippen molar-refractivity contribution in [3.63, 3.8) is 0 Å². The number of aromatic nitrogens is 1. The van der Waals surface area contributed by atoms with Gasteiger partial charge in [0.2, 0.25) is 0 Å². The minimum Gasteiger partial charge on any atom is -0.492 e. The third kappa shape index (κ3) is 2.72. The lowest BCUT2D eigenvalue weighted by Crippen LogP contribution is -2.02. The molecule has 0 saturated heterocycles. The molecule has 1 rings (SSSR count). The Labute approximate surface area is 99.6 Å². The Morgan fingerprint density at radius 3 is 2.44 bits per heavy atom. The quantitative estimate of drug-likeness (QED) is 0.634. The standard InChI is InChI=1S/C7H5Cl2F2NO3S/c1-15-5-4(16(9,13)14)2-3(7(10)11)12-6(5)8/h2,7H,1H3. The van der Waals surface area contributed by atoms with Crippen LogP contribution in [0.5, 0.6) is 5.75 Å². The van der Waals surface area contributed by atoms with Crippen LogP contribution >= 0.6 is 22.3 Å². The van der Waals surface area contributed by atoms with Crippen LogP contribution in [0.4, 0.5) is 8.78 Å². The lowest BCUT2D eigenvalue weighted by Gasteiger charge is -2.09. The van der Waals surface area contributed by atoms with Gasteiger partial charge in [-0.15, -0.1) is 0 Å². The molecule has 0 bridgehead atoms. The summed E-state index contributed by atoms with van der Waals surface area (Å²) in [7, 11) is 1.94. The van der Waals surface area contributed by atoms with Crippen LogP contribution in [0.15, 0.2) is 11.0 Å². The molecule has 0 aromatic carbocycles. The molecule has 9 heteroatoms. The predicted octanol–water partition coefficient (Wildman–Crippen LogP) is 2.61. The van der Waals surface area contributed by atoms with E-state index in [1.54, 1.807) is 0 Å². The molecule has 90 valence electrons. The highest BCUT2D eigenvalue weighted by Gasteiger charge is 2.24. The Hall–Kier alpha value is -0.660. The average molecular weight is 292 g/mol. The van der Waals surface area contributed by atoms with E-state index in [4.69, 9.17) is 22.3 Å². The van der Waals surface area contributed by atoms with Crippen molar-refractivity contribution in [3.05, 3.63) is 16.9 Å². The number of methoxy groups -OCH3 is 1. The first-order valence-corrected chi connectivity index (χ1v) is 6.43. The van der Waals surface area contributed by atoms with Gasteiger partial charge < -0.3 is 4.74 Å². The SMILES string of the molecule is COc1c(S(=O)(=O)Cl)cc(C(F)F)nc1Cl. The fourth-order valence-electron chi connectivity index (χ4n) is 0.976. The molecule has 4 nitrogen and oxygen atoms in total. The van der Waals surface area contributed by atoms with Gasteiger partial charge in [-0.05, 0) is 6.07 Å². The fraction of sp³-hybridized carbons (Fsp3) is 0.286. The summed E-state index contributed by atoms with van der Waals surface area (Å²) in [5.41, 5.74) is -0.787. The van der Waals surface area contributed by atoms with Crippen molar-refractivity contribution in [3.8, 4) is 5.75 Å². The Morgan fingerprint density at radius 1 is 1.50 bits per heavy atom. The summed E-state index contributed by atoms with van der Waals surface area (Å²) >= 11 is 5.49. The topological polar surface area (TPSA) is 56.3 Å². The van der Waals surface area contributed by atoms with Crippen LogP contribution in [0.25, 0.3) is 0 Å². The van der Waals surface area contributed by atoms with Crippen molar-refractivity contribution < 1.29 is 21.9 Å². The summed E-state index contributed by atoms with van der Waals surface area (Å²) in [6.45, 7) is 0. The fourth-order valence-corrected chi connectivity index (χ4v) is 2.32. The van der Waals surface area contributed by atoms with E-state index in [2.05, 4.69) is 9.72 Å². The number of rotatable bonds is 3. The van der Waals surface area contributed by atoms with Crippen molar-refractivity contribution in [2.45, 2.75) is 11.3 Å². The molecule has 0 aliphatic heterocycles. The number of nitrogens with zero attached hydrogens (tertiary/aromatic N) is 1. The predicted molar refractivity (Wildman–Crippen MR) is 53.8 cm³/mol. The van der Waals surface area contributed by atoms with Gasteiger partial charge in [-0.1, -0.05) is 11.6 Å². The molecular weight excluding hydrogens is 287 g/mol. The molecule has 0 radical (unpaired) electrons. The number of alkyl halides is 2. The summed E-state index contributed by atoms with van der Waals surface area (Å²) in [4.78, 5) is 2.65. The minimum absolute atomic E-state index is 0.360. The number of halogens is 4. The van der Waals surface area contributed by atoms with Crippen molar-refractivity contribution in [2.75, 3.05) is 7.11 Å². The van der Waals surface area contributed by atoms with E-state index >= 15 is 0 Å². The molecule has 0 aliphatic rings. The first kappa shape index (κ1) is 13.4. The van der Waals surface area contributed by atoms with E-state index in [0.29, 0.717) is 6.07 Å². The molecule has 1 aromatic rings. The van der Waals surface area contributed by atoms with E-state index in [0.717, 1.165) is 7.11 Å². The number of pyridine rings is 1. The molecule has 1 heterocycles. The highest BCUT2D eigenvalue weighted by atomic mass is 35.7. The van der Waals surface area contributed by atoms with Crippen LogP contribution in [0.1, 0.15) is 12.1 Å². The van der Waals surface area contributed by atoms with Gasteiger partial charge in [0, 0.05) is 10.7 Å². The number of ether oxygens (including phenoxy) is 1. The smallest absolute Gasteiger partial charge is 0.280 e. The molecule has 0 aliphatic carbocycles. The molecule has 1 aromatic heterocycles. The maximum atomic E-state index is 12.4. The molecule has 0 saturated carbocycles. The second kappa shape index (κ2) is 4.68. The van der Waals surface area contributed by atoms with Gasteiger partial charge in [-0.25, -0.2) is 22.2 Å². The lowest BCUT2D eigenvalue weighted by atomic mass is 10.3. The summed E-state index contributed by atoms with van der Waals surface area (Å²) in [6.07, 6.45) is -2.96. The number of hydrogen-bond donors (Lipinski definition) is 0. The minimum atomic E-state index is -4.23. The molecule has 0 N–H and O–H groups in total. The molecule has 0 amide bonds. The van der Waals surface area contributed by atoms with E-state index in [9.17, 15) is 17.2 Å². The maximum Gasteiger partial charge on any atom is 0.280 e. The van der Waals surface area contributed by atoms with Crippen molar-refractivity contribution in [1.82, 2.24) is 4.98 Å². The van der Waals surface area contributed by atoms with E-state index in [1.807, 2.05) is 0 Å². The van der Waals surface area contributed by atoms with Gasteiger partial charge >= 0.3 is 0 Å². The van der Waals surface area contributed by atoms with Crippen LogP contribution < -0.4 is 4.74 Å². The van der Waals surface area contributed by atoms with E-state index in [1.165, 1.54) is 0 Å². The molecule has 16 heavy (non-hydrogen) atoms. The van der Waals surface area contributed by atoms with E-state index < -0.39 is 31.2 Å². The summed E-state index contributed by atoms with van der Waals surface area (Å²) < 4.78 is 51.5. The largest absolute Gasteiger partial charge is 0.492 e. The summed E-state index contributed by atoms with van der Waals surface area (Å²) in [5.74, 6) is -0.360. The molecule has 0 spiro atoms. The Morgan fingerprint density at radius 2 is 2.06 bits per heavy atom. The Kier molecular flexibility index (Phi) is 3.92. The van der Waals surface area contributed by atoms with Gasteiger partial charge in [-0.2, -0.15) is 0 Å². The van der Waals surface area contributed by atoms with Gasteiger partial charge in [0.05, 0.1) is 7.11 Å². The zero-order valence-electron chi connectivity index (χ0n) is 7.75. The van der Waals surface area contributed by atoms with Crippen LogP contribution in [0, 0.1) is 0 Å². The van der Waals surface area contributed by atoms with Crippen LogP contribution in [0.2, 0.25) is 5.15 Å². The summed E-state index contributed by atoms with van der Waals surface area (Å²) in [6, 6.07) is 0.623. The van der Waals surface area contributed by atoms with Crippen molar-refractivity contribution >= 4 is 31.3 Å². The van der Waals surface area contributed by atoms with Crippen LogP contribution in [-0.4, -0.2) is 20.5 Å². The van der Waals surface area contributed by atoms with Crippen LogP contribution in [0.3, 0.4) is 0 Å². The zero-order valence-corrected chi connectivity index (χ0v) is 10.1. The van der Waals surface area contributed by atoms with E-state index in [-0.39, 0.29) is 5.75 Å². The van der Waals surface area contributed by atoms with Gasteiger partial charge in [0.1, 0.15) is 10.6 Å². The zero-order chi connectivity index (χ0) is 12.5. The number of hydrogen-bond acceptors (Lipinski definition) is 4. The van der Waals surface area contributed by atoms with Crippen molar-refractivity contribution in [2.24, 2.45) is 0 Å². The van der Waals surface area contributed by atoms with Gasteiger partial charge in [0.25, 0.3) is 15.5 Å². The monoisotopic (exact) mass is 291 g/mol. The third-order valence-corrected chi connectivity index (χ3v) is 3.19. The molecule has 0 atom stereocenters. The highest BCUT2D eigenvalue weighted by Crippen LogP contribution is 2.35. The first-order valence-electron chi connectivity index (χ1n) is 3.74. The summed E-state index contributed by atoms with van der Waals surface area (Å²) in [5, 5.41) is -0.487. The maximum absolute atomic E-state index is 12.4. The second-order valence-corrected chi connectivity index (χ2v) is 5.50.